The standard InChI is InChI=1S/C23H39N3/c1-8-11-20(9-2)22(14-15-25-6)21(10-3)13-12-19(4)16-23(5,17-24)18-26-7/h8,10-11,13-15,19,26H,3,6,9,12,16-18,24H2,1-2,4-5,7H3/b11-8-,15-14-,21-13+,22-20-. The predicted molar refractivity (Wildman–Crippen MR) is 119 cm³/mol. The smallest absolute Gasteiger partial charge is 0.0266 e. The van der Waals surface area contributed by atoms with E-state index < -0.39 is 0 Å². The van der Waals surface area contributed by atoms with Crippen molar-refractivity contribution in [2.24, 2.45) is 22.1 Å². The molecule has 3 heteroatoms. The van der Waals surface area contributed by atoms with Crippen molar-refractivity contribution < 1.29 is 0 Å². The maximum Gasteiger partial charge on any atom is 0.0266 e. The van der Waals surface area contributed by atoms with Gasteiger partial charge in [0.25, 0.3) is 0 Å². The van der Waals surface area contributed by atoms with Gasteiger partial charge in [0.1, 0.15) is 0 Å². The lowest BCUT2D eigenvalue weighted by molar-refractivity contribution is 0.252. The van der Waals surface area contributed by atoms with E-state index in [4.69, 9.17) is 5.73 Å². The van der Waals surface area contributed by atoms with Gasteiger partial charge in [0.2, 0.25) is 0 Å². The Kier molecular flexibility index (Phi) is 12.6. The number of nitrogens with zero attached hydrogens (tertiary/aromatic N) is 1. The Balaban J connectivity index is 5.53. The van der Waals surface area contributed by atoms with Crippen molar-refractivity contribution in [3.63, 3.8) is 0 Å². The second kappa shape index (κ2) is 13.5. The summed E-state index contributed by atoms with van der Waals surface area (Å²) in [6.07, 6.45) is 15.2. The van der Waals surface area contributed by atoms with Gasteiger partial charge in [-0.3, -0.25) is 4.99 Å². The van der Waals surface area contributed by atoms with Crippen LogP contribution in [0.15, 0.2) is 64.9 Å². The van der Waals surface area contributed by atoms with Crippen molar-refractivity contribution in [3.8, 4) is 0 Å². The molecule has 0 saturated heterocycles. The number of hydrogen-bond acceptors (Lipinski definition) is 3. The number of aliphatic imine (C=N–C) groups is 1. The fourth-order valence-corrected chi connectivity index (χ4v) is 3.33. The van der Waals surface area contributed by atoms with E-state index in [9.17, 15) is 0 Å². The Morgan fingerprint density at radius 2 is 2.04 bits per heavy atom. The normalized spacial score (nSPS) is 17.2. The van der Waals surface area contributed by atoms with Gasteiger partial charge in [-0.25, -0.2) is 0 Å². The molecule has 0 spiro atoms. The van der Waals surface area contributed by atoms with Crippen LogP contribution in [0.5, 0.6) is 0 Å². The van der Waals surface area contributed by atoms with Gasteiger partial charge < -0.3 is 11.1 Å². The fraction of sp³-hybridized carbons (Fsp3) is 0.522. The maximum atomic E-state index is 6.01. The van der Waals surface area contributed by atoms with Crippen LogP contribution >= 0.6 is 0 Å². The van der Waals surface area contributed by atoms with Gasteiger partial charge in [-0.2, -0.15) is 0 Å². The summed E-state index contributed by atoms with van der Waals surface area (Å²) in [6, 6.07) is 0. The van der Waals surface area contributed by atoms with Gasteiger partial charge in [0, 0.05) is 12.7 Å². The zero-order chi connectivity index (χ0) is 20.0. The van der Waals surface area contributed by atoms with Crippen molar-refractivity contribution >= 4 is 6.72 Å². The summed E-state index contributed by atoms with van der Waals surface area (Å²) in [7, 11) is 1.98. The lowest BCUT2D eigenvalue weighted by Gasteiger charge is -2.30. The zero-order valence-electron chi connectivity index (χ0n) is 17.5. The van der Waals surface area contributed by atoms with Crippen LogP contribution < -0.4 is 11.1 Å². The quantitative estimate of drug-likeness (QED) is 0.352. The van der Waals surface area contributed by atoms with Crippen LogP contribution in [-0.4, -0.2) is 26.9 Å². The highest BCUT2D eigenvalue weighted by Crippen LogP contribution is 2.28. The summed E-state index contributed by atoms with van der Waals surface area (Å²) in [5.41, 5.74) is 9.72. The first-order valence-corrected chi connectivity index (χ1v) is 9.57. The van der Waals surface area contributed by atoms with Crippen LogP contribution in [0.1, 0.15) is 47.0 Å². The molecule has 0 radical (unpaired) electrons. The zero-order valence-corrected chi connectivity index (χ0v) is 17.5. The second-order valence-corrected chi connectivity index (χ2v) is 7.24. The molecule has 0 aromatic carbocycles. The molecule has 0 rings (SSSR count). The molecule has 0 saturated carbocycles. The Morgan fingerprint density at radius 3 is 2.50 bits per heavy atom. The van der Waals surface area contributed by atoms with Crippen molar-refractivity contribution in [2.45, 2.75) is 47.0 Å². The molecule has 0 aliphatic rings. The predicted octanol–water partition coefficient (Wildman–Crippen LogP) is 5.20. The van der Waals surface area contributed by atoms with Crippen LogP contribution in [0.3, 0.4) is 0 Å². The minimum atomic E-state index is 0.126. The number of rotatable bonds is 13. The molecule has 0 aromatic rings. The van der Waals surface area contributed by atoms with E-state index in [-0.39, 0.29) is 5.41 Å². The van der Waals surface area contributed by atoms with E-state index in [0.717, 1.165) is 37.0 Å². The van der Waals surface area contributed by atoms with Crippen LogP contribution in [-0.2, 0) is 0 Å². The molecule has 26 heavy (non-hydrogen) atoms. The summed E-state index contributed by atoms with van der Waals surface area (Å²) in [4.78, 5) is 3.87. The van der Waals surface area contributed by atoms with Gasteiger partial charge in [-0.1, -0.05) is 51.7 Å². The molecule has 0 fully saturated rings. The van der Waals surface area contributed by atoms with Gasteiger partial charge in [-0.15, -0.1) is 0 Å². The number of nitrogens with one attached hydrogen (secondary N) is 1. The Labute approximate surface area is 161 Å². The average Bonchev–Trinajstić information content (AvgIpc) is 2.63. The largest absolute Gasteiger partial charge is 0.330 e. The SMILES string of the molecule is C=CC(=C\CC(C)CC(C)(CN)CNC)/C(/C=C\N=C)=C(\C=C/C)CC. The molecule has 0 aliphatic carbocycles. The summed E-state index contributed by atoms with van der Waals surface area (Å²) in [5, 5.41) is 3.27. The first-order chi connectivity index (χ1) is 12.4. The van der Waals surface area contributed by atoms with Gasteiger partial charge in [0.15, 0.2) is 0 Å². The molecule has 0 aromatic heterocycles. The van der Waals surface area contributed by atoms with Crippen LogP contribution in [0.4, 0.5) is 0 Å². The lowest BCUT2D eigenvalue weighted by Crippen LogP contribution is -2.38. The first-order valence-electron chi connectivity index (χ1n) is 9.57. The third-order valence-electron chi connectivity index (χ3n) is 4.65. The maximum absolute atomic E-state index is 6.01. The number of allylic oxidation sites excluding steroid dienone is 8. The van der Waals surface area contributed by atoms with E-state index in [0.29, 0.717) is 12.5 Å². The Morgan fingerprint density at radius 1 is 1.35 bits per heavy atom. The van der Waals surface area contributed by atoms with Gasteiger partial charge in [0.05, 0.1) is 0 Å². The molecule has 2 atom stereocenters. The summed E-state index contributed by atoms with van der Waals surface area (Å²) in [5.74, 6) is 0.543. The third-order valence-corrected chi connectivity index (χ3v) is 4.65. The highest BCUT2D eigenvalue weighted by atomic mass is 14.8. The Bertz CT molecular complexity index is 552. The second-order valence-electron chi connectivity index (χ2n) is 7.24. The van der Waals surface area contributed by atoms with Gasteiger partial charge >= 0.3 is 0 Å². The Hall–Kier alpha value is -1.71. The first kappa shape index (κ1) is 24.3. The molecule has 146 valence electrons. The van der Waals surface area contributed by atoms with E-state index >= 15 is 0 Å². The minimum absolute atomic E-state index is 0.126. The van der Waals surface area contributed by atoms with E-state index in [2.05, 4.69) is 62.6 Å². The van der Waals surface area contributed by atoms with Crippen molar-refractivity contribution in [1.29, 1.82) is 0 Å². The van der Waals surface area contributed by atoms with E-state index in [1.807, 2.05) is 26.1 Å². The molecular formula is C23H39N3. The highest BCUT2D eigenvalue weighted by molar-refractivity contribution is 5.51. The summed E-state index contributed by atoms with van der Waals surface area (Å²) in [6.45, 7) is 18.0. The van der Waals surface area contributed by atoms with Crippen LogP contribution in [0.25, 0.3) is 0 Å². The molecule has 0 bridgehead atoms. The van der Waals surface area contributed by atoms with Crippen molar-refractivity contribution in [3.05, 3.63) is 59.9 Å². The molecular weight excluding hydrogens is 318 g/mol. The third kappa shape index (κ3) is 8.59. The van der Waals surface area contributed by atoms with Crippen molar-refractivity contribution in [1.82, 2.24) is 5.32 Å². The average molecular weight is 358 g/mol. The molecule has 3 N–H and O–H groups in total. The monoisotopic (exact) mass is 357 g/mol. The molecule has 0 amide bonds. The summed E-state index contributed by atoms with van der Waals surface area (Å²) < 4.78 is 0. The fourth-order valence-electron chi connectivity index (χ4n) is 3.33. The molecule has 0 heterocycles. The molecule has 3 nitrogen and oxygen atoms in total. The molecule has 2 unspecified atom stereocenters. The minimum Gasteiger partial charge on any atom is -0.330 e. The van der Waals surface area contributed by atoms with Crippen molar-refractivity contribution in [2.75, 3.05) is 20.1 Å². The topological polar surface area (TPSA) is 50.4 Å². The number of hydrogen-bond donors (Lipinski definition) is 2. The highest BCUT2D eigenvalue weighted by Gasteiger charge is 2.24. The number of nitrogens with two attached hydrogens (primary N) is 1. The van der Waals surface area contributed by atoms with Gasteiger partial charge in [-0.05, 0) is 80.6 Å². The lowest BCUT2D eigenvalue weighted by atomic mass is 9.80. The summed E-state index contributed by atoms with van der Waals surface area (Å²) >= 11 is 0. The van der Waals surface area contributed by atoms with E-state index in [1.165, 1.54) is 5.57 Å². The van der Waals surface area contributed by atoms with Crippen LogP contribution in [0.2, 0.25) is 0 Å². The van der Waals surface area contributed by atoms with Crippen LogP contribution in [0, 0.1) is 11.3 Å². The molecule has 0 aliphatic heterocycles. The van der Waals surface area contributed by atoms with E-state index in [1.54, 1.807) is 6.20 Å².